The van der Waals surface area contributed by atoms with Crippen LogP contribution in [0.3, 0.4) is 0 Å². The van der Waals surface area contributed by atoms with Gasteiger partial charge in [-0.3, -0.25) is 4.79 Å². The van der Waals surface area contributed by atoms with Crippen molar-refractivity contribution < 1.29 is 9.90 Å². The van der Waals surface area contributed by atoms with E-state index in [0.717, 1.165) is 5.75 Å². The van der Waals surface area contributed by atoms with Crippen LogP contribution in [0.15, 0.2) is 36.4 Å². The van der Waals surface area contributed by atoms with Crippen LogP contribution in [0, 0.1) is 0 Å². The number of hydrogen-bond acceptors (Lipinski definition) is 3. The molecule has 0 unspecified atom stereocenters. The van der Waals surface area contributed by atoms with Gasteiger partial charge in [0.25, 0.3) is 0 Å². The summed E-state index contributed by atoms with van der Waals surface area (Å²) in [6.07, 6.45) is 0. The fourth-order valence-electron chi connectivity index (χ4n) is 1.11. The van der Waals surface area contributed by atoms with E-state index < -0.39 is 0 Å². The van der Waals surface area contributed by atoms with E-state index in [1.54, 1.807) is 23.9 Å². The zero-order valence-electron chi connectivity index (χ0n) is 8.69. The molecule has 0 spiro atoms. The number of Topliss-reactive ketones (excluding diaryl/α,β-unsaturated/α-hetero) is 1. The van der Waals surface area contributed by atoms with Gasteiger partial charge in [0.05, 0.1) is 0 Å². The van der Waals surface area contributed by atoms with Crippen molar-refractivity contribution in [2.75, 3.05) is 11.5 Å². The molecule has 0 aliphatic carbocycles. The minimum Gasteiger partial charge on any atom is -0.508 e. The van der Waals surface area contributed by atoms with Crippen LogP contribution in [0.4, 0.5) is 0 Å². The Morgan fingerprint density at radius 2 is 2.00 bits per heavy atom. The number of phenols is 1. The van der Waals surface area contributed by atoms with Crippen LogP contribution in [0.25, 0.3) is 0 Å². The molecule has 0 aliphatic heterocycles. The van der Waals surface area contributed by atoms with Crippen molar-refractivity contribution in [2.24, 2.45) is 0 Å². The highest BCUT2D eigenvalue weighted by Gasteiger charge is 2.09. The zero-order valence-corrected chi connectivity index (χ0v) is 9.51. The third-order valence-electron chi connectivity index (χ3n) is 1.93. The maximum Gasteiger partial charge on any atom is 0.189 e. The summed E-state index contributed by atoms with van der Waals surface area (Å²) in [5.74, 6) is 1.76. The first kappa shape index (κ1) is 11.9. The first-order valence-electron chi connectivity index (χ1n) is 4.74. The smallest absolute Gasteiger partial charge is 0.189 e. The van der Waals surface area contributed by atoms with Crippen LogP contribution in [0.5, 0.6) is 5.75 Å². The number of phenolic OH excluding ortho intramolecular Hbond substituents is 1. The lowest BCUT2D eigenvalue weighted by atomic mass is 10.1. The molecule has 0 saturated heterocycles. The Balaban J connectivity index is 2.68. The van der Waals surface area contributed by atoms with Gasteiger partial charge < -0.3 is 5.11 Å². The molecular weight excluding hydrogens is 208 g/mol. The third-order valence-corrected chi connectivity index (χ3v) is 2.89. The van der Waals surface area contributed by atoms with Crippen molar-refractivity contribution >= 4 is 17.5 Å². The molecule has 0 amide bonds. The maximum absolute atomic E-state index is 11.8. The fourth-order valence-corrected chi connectivity index (χ4v) is 1.69. The van der Waals surface area contributed by atoms with E-state index in [9.17, 15) is 4.79 Å². The largest absolute Gasteiger partial charge is 0.508 e. The SMILES string of the molecule is C=C(CSCC)C(=O)c1ccc(O)cc1. The van der Waals surface area contributed by atoms with Gasteiger partial charge in [-0.25, -0.2) is 0 Å². The Kier molecular flexibility index (Phi) is 4.43. The first-order chi connectivity index (χ1) is 7.15. The van der Waals surface area contributed by atoms with E-state index in [4.69, 9.17) is 5.11 Å². The summed E-state index contributed by atoms with van der Waals surface area (Å²) in [5.41, 5.74) is 1.18. The highest BCUT2D eigenvalue weighted by Crippen LogP contribution is 2.15. The molecule has 1 rings (SSSR count). The Morgan fingerprint density at radius 1 is 1.40 bits per heavy atom. The summed E-state index contributed by atoms with van der Waals surface area (Å²) >= 11 is 1.67. The molecule has 0 atom stereocenters. The minimum absolute atomic E-state index is 0.0454. The molecule has 0 bridgehead atoms. The summed E-state index contributed by atoms with van der Waals surface area (Å²) in [4.78, 5) is 11.8. The van der Waals surface area contributed by atoms with Crippen molar-refractivity contribution in [3.05, 3.63) is 42.0 Å². The Morgan fingerprint density at radius 3 is 2.53 bits per heavy atom. The monoisotopic (exact) mass is 222 g/mol. The van der Waals surface area contributed by atoms with Gasteiger partial charge in [-0.15, -0.1) is 0 Å². The van der Waals surface area contributed by atoms with Crippen molar-refractivity contribution in [3.8, 4) is 5.75 Å². The van der Waals surface area contributed by atoms with Crippen LogP contribution < -0.4 is 0 Å². The van der Waals surface area contributed by atoms with Gasteiger partial charge in [-0.05, 0) is 30.0 Å². The highest BCUT2D eigenvalue weighted by atomic mass is 32.2. The quantitative estimate of drug-likeness (QED) is 0.615. The summed E-state index contributed by atoms with van der Waals surface area (Å²) in [6, 6.07) is 6.24. The Hall–Kier alpha value is -1.22. The number of aromatic hydroxyl groups is 1. The molecule has 3 heteroatoms. The minimum atomic E-state index is -0.0454. The number of carbonyl (C=O) groups is 1. The van der Waals surface area contributed by atoms with Crippen molar-refractivity contribution in [1.29, 1.82) is 0 Å². The van der Waals surface area contributed by atoms with Crippen LogP contribution in [-0.2, 0) is 0 Å². The van der Waals surface area contributed by atoms with Gasteiger partial charge in [-0.2, -0.15) is 11.8 Å². The lowest BCUT2D eigenvalue weighted by Gasteiger charge is -2.03. The summed E-state index contributed by atoms with van der Waals surface area (Å²) in [6.45, 7) is 5.80. The topological polar surface area (TPSA) is 37.3 Å². The van der Waals surface area contributed by atoms with Crippen LogP contribution in [0.1, 0.15) is 17.3 Å². The van der Waals surface area contributed by atoms with E-state index in [2.05, 4.69) is 6.58 Å². The van der Waals surface area contributed by atoms with Gasteiger partial charge >= 0.3 is 0 Å². The number of carbonyl (C=O) groups excluding carboxylic acids is 1. The fraction of sp³-hybridized carbons (Fsp3) is 0.250. The van der Waals surface area contributed by atoms with Crippen molar-refractivity contribution in [2.45, 2.75) is 6.92 Å². The first-order valence-corrected chi connectivity index (χ1v) is 5.90. The predicted molar refractivity (Wildman–Crippen MR) is 64.6 cm³/mol. The van der Waals surface area contributed by atoms with E-state index in [1.165, 1.54) is 12.1 Å². The summed E-state index contributed by atoms with van der Waals surface area (Å²) in [7, 11) is 0. The van der Waals surface area contributed by atoms with Crippen LogP contribution >= 0.6 is 11.8 Å². The van der Waals surface area contributed by atoms with Crippen LogP contribution in [-0.4, -0.2) is 22.4 Å². The number of thioether (sulfide) groups is 1. The van der Waals surface area contributed by atoms with Crippen molar-refractivity contribution in [3.63, 3.8) is 0 Å². The Bertz CT molecular complexity index is 354. The number of rotatable bonds is 5. The molecule has 0 heterocycles. The normalized spacial score (nSPS) is 9.93. The van der Waals surface area contributed by atoms with Gasteiger partial charge in [-0.1, -0.05) is 13.5 Å². The molecule has 1 aromatic rings. The molecule has 2 nitrogen and oxygen atoms in total. The van der Waals surface area contributed by atoms with Gasteiger partial charge in [0.15, 0.2) is 5.78 Å². The lowest BCUT2D eigenvalue weighted by molar-refractivity contribution is 0.103. The summed E-state index contributed by atoms with van der Waals surface area (Å²) < 4.78 is 0. The molecule has 80 valence electrons. The predicted octanol–water partition coefficient (Wildman–Crippen LogP) is 2.88. The van der Waals surface area contributed by atoms with Gasteiger partial charge in [0.1, 0.15) is 5.75 Å². The second-order valence-corrected chi connectivity index (χ2v) is 4.39. The van der Waals surface area contributed by atoms with Gasteiger partial charge in [0, 0.05) is 16.9 Å². The average molecular weight is 222 g/mol. The molecule has 1 aromatic carbocycles. The summed E-state index contributed by atoms with van der Waals surface area (Å²) in [5, 5.41) is 9.08. The van der Waals surface area contributed by atoms with Crippen LogP contribution in [0.2, 0.25) is 0 Å². The molecular formula is C12H14O2S. The molecule has 0 fully saturated rings. The zero-order chi connectivity index (χ0) is 11.3. The second kappa shape index (κ2) is 5.61. The van der Waals surface area contributed by atoms with E-state index in [1.807, 2.05) is 6.92 Å². The van der Waals surface area contributed by atoms with Gasteiger partial charge in [0.2, 0.25) is 0 Å². The van der Waals surface area contributed by atoms with E-state index in [-0.39, 0.29) is 11.5 Å². The molecule has 0 aliphatic rings. The molecule has 0 radical (unpaired) electrons. The lowest BCUT2D eigenvalue weighted by Crippen LogP contribution is -2.04. The molecule has 0 saturated carbocycles. The third kappa shape index (κ3) is 3.44. The van der Waals surface area contributed by atoms with Crippen molar-refractivity contribution in [1.82, 2.24) is 0 Å². The maximum atomic E-state index is 11.8. The number of hydrogen-bond donors (Lipinski definition) is 1. The molecule has 1 N–H and O–H groups in total. The highest BCUT2D eigenvalue weighted by molar-refractivity contribution is 7.99. The average Bonchev–Trinajstić information content (AvgIpc) is 2.26. The standard InChI is InChI=1S/C12H14O2S/c1-3-15-8-9(2)12(14)10-4-6-11(13)7-5-10/h4-7,13H,2-3,8H2,1H3. The second-order valence-electron chi connectivity index (χ2n) is 3.12. The molecule has 15 heavy (non-hydrogen) atoms. The van der Waals surface area contributed by atoms with E-state index in [0.29, 0.717) is 16.9 Å². The number of ketones is 1. The number of benzene rings is 1. The Labute approximate surface area is 94.0 Å². The van der Waals surface area contributed by atoms with E-state index >= 15 is 0 Å². The molecule has 0 aromatic heterocycles.